The molecule has 1 aromatic rings. The minimum absolute atomic E-state index is 0.535. The smallest absolute Gasteiger partial charge is 0.410 e. The molecule has 0 aliphatic rings. The number of hydrogen-bond acceptors (Lipinski definition) is 6. The standard InChI is InChI=1S/C19H27IN2O6/c1-11(17(24)27-7)21-16(23)15(22(5)18(25)28-19(2,3)4)12-8-9-14(26-6)13(20)10-12/h8-11,15H,1-7H3,(H,21,23)/t11?,15-/m0/s1. The summed E-state index contributed by atoms with van der Waals surface area (Å²) in [7, 11) is 4.26. The van der Waals surface area contributed by atoms with Crippen LogP contribution in [0.1, 0.15) is 39.3 Å². The summed E-state index contributed by atoms with van der Waals surface area (Å²) in [6.07, 6.45) is -0.663. The van der Waals surface area contributed by atoms with Gasteiger partial charge >= 0.3 is 12.1 Å². The van der Waals surface area contributed by atoms with Gasteiger partial charge in [0.05, 0.1) is 17.8 Å². The summed E-state index contributed by atoms with van der Waals surface area (Å²) in [5.41, 5.74) is -0.173. The lowest BCUT2D eigenvalue weighted by molar-refractivity contribution is -0.145. The molecule has 28 heavy (non-hydrogen) atoms. The zero-order valence-electron chi connectivity index (χ0n) is 17.2. The Hall–Kier alpha value is -2.04. The van der Waals surface area contributed by atoms with Crippen molar-refractivity contribution in [1.29, 1.82) is 0 Å². The molecule has 156 valence electrons. The van der Waals surface area contributed by atoms with Crippen LogP contribution in [0.25, 0.3) is 0 Å². The lowest BCUT2D eigenvalue weighted by atomic mass is 10.0. The molecule has 0 saturated heterocycles. The van der Waals surface area contributed by atoms with Gasteiger partial charge in [-0.3, -0.25) is 9.69 Å². The van der Waals surface area contributed by atoms with Gasteiger partial charge in [0.25, 0.3) is 0 Å². The number of methoxy groups -OCH3 is 2. The molecule has 0 aliphatic carbocycles. The quantitative estimate of drug-likeness (QED) is 0.471. The van der Waals surface area contributed by atoms with Crippen molar-refractivity contribution in [2.75, 3.05) is 21.3 Å². The van der Waals surface area contributed by atoms with E-state index >= 15 is 0 Å². The number of nitrogens with one attached hydrogen (secondary N) is 1. The highest BCUT2D eigenvalue weighted by molar-refractivity contribution is 14.1. The van der Waals surface area contributed by atoms with Crippen LogP contribution in [0.4, 0.5) is 4.79 Å². The molecule has 0 radical (unpaired) electrons. The van der Waals surface area contributed by atoms with E-state index in [-0.39, 0.29) is 0 Å². The molecule has 0 saturated carbocycles. The number of hydrogen-bond donors (Lipinski definition) is 1. The van der Waals surface area contributed by atoms with Crippen LogP contribution < -0.4 is 10.1 Å². The summed E-state index contributed by atoms with van der Waals surface area (Å²) < 4.78 is 16.1. The Morgan fingerprint density at radius 1 is 1.18 bits per heavy atom. The van der Waals surface area contributed by atoms with Gasteiger partial charge in [-0.05, 0) is 68.0 Å². The van der Waals surface area contributed by atoms with Gasteiger partial charge in [0.15, 0.2) is 0 Å². The highest BCUT2D eigenvalue weighted by atomic mass is 127. The Morgan fingerprint density at radius 2 is 1.79 bits per heavy atom. The first-order valence-corrected chi connectivity index (χ1v) is 9.66. The molecular weight excluding hydrogens is 479 g/mol. The van der Waals surface area contributed by atoms with Crippen molar-refractivity contribution >= 4 is 40.6 Å². The summed E-state index contributed by atoms with van der Waals surface area (Å²) >= 11 is 2.08. The number of likely N-dealkylation sites (N-methyl/N-ethyl adjacent to an activating group) is 1. The third-order valence-electron chi connectivity index (χ3n) is 3.72. The highest BCUT2D eigenvalue weighted by Gasteiger charge is 2.33. The number of esters is 1. The lowest BCUT2D eigenvalue weighted by Crippen LogP contribution is -2.47. The molecular formula is C19H27IN2O6. The minimum Gasteiger partial charge on any atom is -0.496 e. The number of benzene rings is 1. The molecule has 8 nitrogen and oxygen atoms in total. The third-order valence-corrected chi connectivity index (χ3v) is 4.57. The summed E-state index contributed by atoms with van der Waals surface area (Å²) in [6.45, 7) is 6.72. The number of carbonyl (C=O) groups is 3. The van der Waals surface area contributed by atoms with E-state index < -0.39 is 35.7 Å². The Balaban J connectivity index is 3.26. The van der Waals surface area contributed by atoms with Crippen LogP contribution in [0.2, 0.25) is 0 Å². The largest absolute Gasteiger partial charge is 0.496 e. The maximum Gasteiger partial charge on any atom is 0.410 e. The number of amides is 2. The van der Waals surface area contributed by atoms with E-state index in [1.54, 1.807) is 46.1 Å². The van der Waals surface area contributed by atoms with E-state index in [2.05, 4.69) is 32.6 Å². The Bertz CT molecular complexity index is 732. The first-order valence-electron chi connectivity index (χ1n) is 8.58. The van der Waals surface area contributed by atoms with Gasteiger partial charge in [0.2, 0.25) is 5.91 Å². The molecule has 9 heteroatoms. The first-order chi connectivity index (χ1) is 12.9. The Kier molecular flexibility index (Phi) is 8.52. The summed E-state index contributed by atoms with van der Waals surface area (Å²) in [5, 5.41) is 2.58. The van der Waals surface area contributed by atoms with E-state index in [0.29, 0.717) is 11.3 Å². The van der Waals surface area contributed by atoms with E-state index in [1.165, 1.54) is 26.0 Å². The topological polar surface area (TPSA) is 94.2 Å². The van der Waals surface area contributed by atoms with Crippen LogP contribution in [-0.2, 0) is 19.1 Å². The van der Waals surface area contributed by atoms with E-state index in [9.17, 15) is 14.4 Å². The number of rotatable bonds is 6. The number of halogens is 1. The normalized spacial score (nSPS) is 13.1. The number of carbonyl (C=O) groups excluding carboxylic acids is 3. The molecule has 0 heterocycles. The predicted octanol–water partition coefficient (Wildman–Crippen LogP) is 2.89. The van der Waals surface area contributed by atoms with Crippen LogP contribution in [0.3, 0.4) is 0 Å². The van der Waals surface area contributed by atoms with Crippen LogP contribution in [0, 0.1) is 3.57 Å². The van der Waals surface area contributed by atoms with Gasteiger partial charge in [-0.15, -0.1) is 0 Å². The van der Waals surface area contributed by atoms with Crippen molar-refractivity contribution < 1.29 is 28.6 Å². The van der Waals surface area contributed by atoms with Crippen LogP contribution in [0.15, 0.2) is 18.2 Å². The first kappa shape index (κ1) is 24.0. The Labute approximate surface area is 179 Å². The molecule has 2 amide bonds. The van der Waals surface area contributed by atoms with E-state index in [0.717, 1.165) is 3.57 Å². The van der Waals surface area contributed by atoms with Crippen molar-refractivity contribution in [2.45, 2.75) is 45.4 Å². The van der Waals surface area contributed by atoms with Crippen LogP contribution in [-0.4, -0.2) is 55.8 Å². The predicted molar refractivity (Wildman–Crippen MR) is 112 cm³/mol. The van der Waals surface area contributed by atoms with Crippen molar-refractivity contribution in [2.24, 2.45) is 0 Å². The van der Waals surface area contributed by atoms with Gasteiger partial charge in [-0.1, -0.05) is 6.07 Å². The molecule has 1 aromatic carbocycles. The number of ether oxygens (including phenoxy) is 3. The second-order valence-corrected chi connectivity index (χ2v) is 8.30. The molecule has 0 aromatic heterocycles. The van der Waals surface area contributed by atoms with Crippen molar-refractivity contribution in [3.63, 3.8) is 0 Å². The average molecular weight is 506 g/mol. The van der Waals surface area contributed by atoms with E-state index in [4.69, 9.17) is 9.47 Å². The maximum absolute atomic E-state index is 12.9. The fourth-order valence-corrected chi connectivity index (χ4v) is 3.13. The lowest BCUT2D eigenvalue weighted by Gasteiger charge is -2.31. The second kappa shape index (κ2) is 9.94. The molecule has 1 rings (SSSR count). The van der Waals surface area contributed by atoms with Gasteiger partial charge in [0, 0.05) is 7.05 Å². The van der Waals surface area contributed by atoms with Crippen LogP contribution in [0.5, 0.6) is 5.75 Å². The summed E-state index contributed by atoms with van der Waals surface area (Å²) in [5.74, 6) is -0.477. The second-order valence-electron chi connectivity index (χ2n) is 7.14. The monoisotopic (exact) mass is 506 g/mol. The van der Waals surface area contributed by atoms with Gasteiger partial charge in [0.1, 0.15) is 23.4 Å². The van der Waals surface area contributed by atoms with Gasteiger partial charge < -0.3 is 19.5 Å². The Morgan fingerprint density at radius 3 is 2.25 bits per heavy atom. The zero-order chi connectivity index (χ0) is 21.6. The average Bonchev–Trinajstić information content (AvgIpc) is 2.59. The van der Waals surface area contributed by atoms with Crippen LogP contribution >= 0.6 is 22.6 Å². The zero-order valence-corrected chi connectivity index (χ0v) is 19.3. The van der Waals surface area contributed by atoms with Crippen molar-refractivity contribution in [3.05, 3.63) is 27.3 Å². The van der Waals surface area contributed by atoms with Gasteiger partial charge in [-0.2, -0.15) is 0 Å². The molecule has 1 unspecified atom stereocenters. The molecule has 0 bridgehead atoms. The summed E-state index contributed by atoms with van der Waals surface area (Å²) in [4.78, 5) is 38.4. The fourth-order valence-electron chi connectivity index (χ4n) is 2.37. The SMILES string of the molecule is COC(=O)C(C)NC(=O)[C@H](c1ccc(OC)c(I)c1)N(C)C(=O)OC(C)(C)C. The molecule has 0 spiro atoms. The van der Waals surface area contributed by atoms with Gasteiger partial charge in [-0.25, -0.2) is 9.59 Å². The third kappa shape index (κ3) is 6.54. The minimum atomic E-state index is -1.01. The fraction of sp³-hybridized carbons (Fsp3) is 0.526. The van der Waals surface area contributed by atoms with Crippen molar-refractivity contribution in [3.8, 4) is 5.75 Å². The van der Waals surface area contributed by atoms with E-state index in [1.807, 2.05) is 0 Å². The molecule has 1 N–H and O–H groups in total. The maximum atomic E-state index is 12.9. The van der Waals surface area contributed by atoms with Crippen molar-refractivity contribution in [1.82, 2.24) is 10.2 Å². The molecule has 0 aliphatic heterocycles. The highest BCUT2D eigenvalue weighted by Crippen LogP contribution is 2.28. The number of nitrogens with zero attached hydrogens (tertiary/aromatic N) is 1. The molecule has 2 atom stereocenters. The molecule has 0 fully saturated rings. The summed E-state index contributed by atoms with van der Waals surface area (Å²) in [6, 6.07) is 3.26.